The van der Waals surface area contributed by atoms with Gasteiger partial charge in [-0.05, 0) is 69.3 Å². The molecule has 0 saturated carbocycles. The number of aromatic nitrogens is 2. The molecule has 0 spiro atoms. The molecule has 0 aliphatic carbocycles. The molecule has 164 valence electrons. The Morgan fingerprint density at radius 1 is 1.03 bits per heavy atom. The van der Waals surface area contributed by atoms with Gasteiger partial charge in [-0.2, -0.15) is 0 Å². The molecule has 0 radical (unpaired) electrons. The van der Waals surface area contributed by atoms with Crippen molar-refractivity contribution in [3.8, 4) is 22.8 Å². The van der Waals surface area contributed by atoms with Gasteiger partial charge in [-0.1, -0.05) is 5.16 Å². The van der Waals surface area contributed by atoms with Gasteiger partial charge >= 0.3 is 0 Å². The Morgan fingerprint density at radius 2 is 1.72 bits per heavy atom. The monoisotopic (exact) mass is 449 g/mol. The molecule has 2 aromatic heterocycles. The summed E-state index contributed by atoms with van der Waals surface area (Å²) in [5.74, 6) is 1.96. The van der Waals surface area contributed by atoms with Crippen LogP contribution in [0.2, 0.25) is 0 Å². The Bertz CT molecular complexity index is 1210. The highest BCUT2D eigenvalue weighted by Crippen LogP contribution is 2.31. The van der Waals surface area contributed by atoms with E-state index < -0.39 is 0 Å². The fraction of sp³-hybridized carbons (Fsp3) is 0.208. The molecular formula is C24H23N3O4S. The highest BCUT2D eigenvalue weighted by molar-refractivity contribution is 7.16. The maximum atomic E-state index is 12.7. The number of ether oxygens (including phenoxy) is 2. The Balaban J connectivity index is 1.40. The Morgan fingerprint density at radius 3 is 2.34 bits per heavy atom. The minimum atomic E-state index is -0.225. The SMILES string of the molecule is COc1ccc(-c2nc(NC(=O)c3ccc(OCc4c(C)noc4C)cc3)sc2C)cc1. The van der Waals surface area contributed by atoms with Crippen LogP contribution in [0.4, 0.5) is 5.13 Å². The van der Waals surface area contributed by atoms with E-state index >= 15 is 0 Å². The van der Waals surface area contributed by atoms with Gasteiger partial charge < -0.3 is 14.0 Å². The Kier molecular flexibility index (Phi) is 6.23. The number of nitrogens with one attached hydrogen (secondary N) is 1. The van der Waals surface area contributed by atoms with Crippen LogP contribution in [0.5, 0.6) is 11.5 Å². The van der Waals surface area contributed by atoms with Crippen molar-refractivity contribution in [3.05, 3.63) is 76.0 Å². The van der Waals surface area contributed by atoms with Gasteiger partial charge in [-0.25, -0.2) is 4.98 Å². The number of thiazole rings is 1. The molecule has 4 aromatic rings. The minimum absolute atomic E-state index is 0.225. The van der Waals surface area contributed by atoms with E-state index in [-0.39, 0.29) is 5.91 Å². The lowest BCUT2D eigenvalue weighted by molar-refractivity contribution is 0.102. The highest BCUT2D eigenvalue weighted by atomic mass is 32.1. The van der Waals surface area contributed by atoms with E-state index in [4.69, 9.17) is 14.0 Å². The van der Waals surface area contributed by atoms with E-state index in [1.807, 2.05) is 45.0 Å². The molecule has 0 aliphatic heterocycles. The average Bonchev–Trinajstić information content (AvgIpc) is 3.33. The van der Waals surface area contributed by atoms with Gasteiger partial charge in [0.05, 0.1) is 24.1 Å². The topological polar surface area (TPSA) is 86.5 Å². The number of carbonyl (C=O) groups is 1. The van der Waals surface area contributed by atoms with Gasteiger partial charge in [0.1, 0.15) is 23.9 Å². The van der Waals surface area contributed by atoms with Crippen molar-refractivity contribution in [2.24, 2.45) is 0 Å². The third kappa shape index (κ3) is 4.65. The molecule has 32 heavy (non-hydrogen) atoms. The zero-order chi connectivity index (χ0) is 22.7. The van der Waals surface area contributed by atoms with Crippen LogP contribution in [-0.2, 0) is 6.61 Å². The summed E-state index contributed by atoms with van der Waals surface area (Å²) in [5, 5.41) is 7.36. The van der Waals surface area contributed by atoms with Crippen LogP contribution >= 0.6 is 11.3 Å². The fourth-order valence-corrected chi connectivity index (χ4v) is 4.03. The number of hydrogen-bond acceptors (Lipinski definition) is 7. The predicted octanol–water partition coefficient (Wildman–Crippen LogP) is 5.56. The lowest BCUT2D eigenvalue weighted by Crippen LogP contribution is -2.11. The number of methoxy groups -OCH3 is 1. The molecule has 0 aliphatic rings. The largest absolute Gasteiger partial charge is 0.497 e. The summed E-state index contributed by atoms with van der Waals surface area (Å²) in [6.45, 7) is 6.08. The number of anilines is 1. The molecule has 2 heterocycles. The van der Waals surface area contributed by atoms with Crippen molar-refractivity contribution in [2.45, 2.75) is 27.4 Å². The predicted molar refractivity (Wildman–Crippen MR) is 124 cm³/mol. The van der Waals surface area contributed by atoms with Crippen molar-refractivity contribution < 1.29 is 18.8 Å². The molecule has 1 N–H and O–H groups in total. The van der Waals surface area contributed by atoms with Crippen molar-refractivity contribution in [3.63, 3.8) is 0 Å². The fourth-order valence-electron chi connectivity index (χ4n) is 3.20. The maximum absolute atomic E-state index is 12.7. The van der Waals surface area contributed by atoms with Crippen molar-refractivity contribution >= 4 is 22.4 Å². The molecule has 8 heteroatoms. The number of rotatable bonds is 7. The zero-order valence-electron chi connectivity index (χ0n) is 18.3. The second-order valence-corrected chi connectivity index (χ2v) is 8.43. The summed E-state index contributed by atoms with van der Waals surface area (Å²) in [5.41, 5.74) is 4.08. The second kappa shape index (κ2) is 9.23. The van der Waals surface area contributed by atoms with Crippen LogP contribution < -0.4 is 14.8 Å². The van der Waals surface area contributed by atoms with Gasteiger partial charge in [0.25, 0.3) is 5.91 Å². The second-order valence-electron chi connectivity index (χ2n) is 7.22. The number of aryl methyl sites for hydroxylation is 3. The van der Waals surface area contributed by atoms with E-state index in [2.05, 4.69) is 15.5 Å². The van der Waals surface area contributed by atoms with Crippen molar-refractivity contribution in [1.29, 1.82) is 0 Å². The van der Waals surface area contributed by atoms with Gasteiger partial charge in [0.15, 0.2) is 5.13 Å². The van der Waals surface area contributed by atoms with Crippen LogP contribution in [-0.4, -0.2) is 23.2 Å². The van der Waals surface area contributed by atoms with Crippen LogP contribution in [0.3, 0.4) is 0 Å². The van der Waals surface area contributed by atoms with E-state index in [0.29, 0.717) is 23.1 Å². The lowest BCUT2D eigenvalue weighted by atomic mass is 10.1. The quantitative estimate of drug-likeness (QED) is 0.397. The summed E-state index contributed by atoms with van der Waals surface area (Å²) in [7, 11) is 1.63. The summed E-state index contributed by atoms with van der Waals surface area (Å²) >= 11 is 1.44. The summed E-state index contributed by atoms with van der Waals surface area (Å²) in [6, 6.07) is 14.7. The number of benzene rings is 2. The first-order valence-electron chi connectivity index (χ1n) is 10.0. The molecule has 1 amide bonds. The van der Waals surface area contributed by atoms with E-state index in [1.54, 1.807) is 31.4 Å². The standard InChI is InChI=1S/C24H23N3O4S/c1-14-21(15(2)31-27-14)13-30-20-11-7-18(8-12-20)23(28)26-24-25-22(16(3)32-24)17-5-9-19(29-4)10-6-17/h5-12H,13H2,1-4H3,(H,25,26,28). The Labute approximate surface area is 190 Å². The van der Waals surface area contributed by atoms with E-state index in [1.165, 1.54) is 11.3 Å². The molecule has 0 unspecified atom stereocenters. The summed E-state index contributed by atoms with van der Waals surface area (Å²) in [4.78, 5) is 18.3. The normalized spacial score (nSPS) is 10.8. The molecule has 2 aromatic carbocycles. The minimum Gasteiger partial charge on any atom is -0.497 e. The maximum Gasteiger partial charge on any atom is 0.257 e. The molecule has 4 rings (SSSR count). The molecule has 0 atom stereocenters. The molecule has 0 saturated heterocycles. The van der Waals surface area contributed by atoms with Gasteiger partial charge in [0.2, 0.25) is 0 Å². The molecule has 0 fully saturated rings. The zero-order valence-corrected chi connectivity index (χ0v) is 19.1. The van der Waals surface area contributed by atoms with Gasteiger partial charge in [-0.3, -0.25) is 10.1 Å². The third-order valence-corrected chi connectivity index (χ3v) is 5.95. The first-order valence-corrected chi connectivity index (χ1v) is 10.8. The number of carbonyl (C=O) groups excluding carboxylic acids is 1. The van der Waals surface area contributed by atoms with E-state index in [0.717, 1.165) is 38.9 Å². The smallest absolute Gasteiger partial charge is 0.257 e. The summed E-state index contributed by atoms with van der Waals surface area (Å²) in [6.07, 6.45) is 0. The number of hydrogen-bond donors (Lipinski definition) is 1. The summed E-state index contributed by atoms with van der Waals surface area (Å²) < 4.78 is 16.1. The average molecular weight is 450 g/mol. The number of amides is 1. The Hall–Kier alpha value is -3.65. The van der Waals surface area contributed by atoms with Gasteiger partial charge in [-0.15, -0.1) is 11.3 Å². The van der Waals surface area contributed by atoms with Crippen LogP contribution in [0, 0.1) is 20.8 Å². The lowest BCUT2D eigenvalue weighted by Gasteiger charge is -2.07. The first kappa shape index (κ1) is 21.6. The van der Waals surface area contributed by atoms with Crippen LogP contribution in [0.25, 0.3) is 11.3 Å². The van der Waals surface area contributed by atoms with Crippen molar-refractivity contribution in [1.82, 2.24) is 10.1 Å². The third-order valence-electron chi connectivity index (χ3n) is 5.06. The first-order chi connectivity index (χ1) is 15.4. The van der Waals surface area contributed by atoms with E-state index in [9.17, 15) is 4.79 Å². The molecule has 7 nitrogen and oxygen atoms in total. The van der Waals surface area contributed by atoms with Gasteiger partial charge in [0, 0.05) is 16.0 Å². The highest BCUT2D eigenvalue weighted by Gasteiger charge is 2.14. The molecule has 0 bridgehead atoms. The van der Waals surface area contributed by atoms with Crippen LogP contribution in [0.1, 0.15) is 32.3 Å². The molecular weight excluding hydrogens is 426 g/mol. The van der Waals surface area contributed by atoms with Crippen molar-refractivity contribution in [2.75, 3.05) is 12.4 Å². The number of nitrogens with zero attached hydrogens (tertiary/aromatic N) is 2. The van der Waals surface area contributed by atoms with Crippen LogP contribution in [0.15, 0.2) is 53.1 Å².